The molecular formula is C19H23ClN2O3. The molecule has 0 amide bonds. The molecule has 0 spiro atoms. The lowest BCUT2D eigenvalue weighted by molar-refractivity contribution is 0.0472. The van der Waals surface area contributed by atoms with E-state index >= 15 is 0 Å². The highest BCUT2D eigenvalue weighted by atomic mass is 35.5. The SMILES string of the molecule is CC1CCCC(C(=O)c2[nH]c3cc(C(=O)OC(C)Cl)ccc3c2N)C1. The van der Waals surface area contributed by atoms with E-state index in [4.69, 9.17) is 22.1 Å². The topological polar surface area (TPSA) is 85.2 Å². The number of benzene rings is 1. The maximum atomic E-state index is 12.9. The molecule has 1 aliphatic rings. The number of anilines is 1. The molecule has 5 nitrogen and oxygen atoms in total. The predicted molar refractivity (Wildman–Crippen MR) is 98.9 cm³/mol. The first-order valence-corrected chi connectivity index (χ1v) is 9.11. The molecule has 0 aliphatic heterocycles. The number of ether oxygens (including phenoxy) is 1. The molecule has 3 rings (SSSR count). The van der Waals surface area contributed by atoms with Crippen LogP contribution in [0.4, 0.5) is 5.69 Å². The van der Waals surface area contributed by atoms with Crippen LogP contribution in [0.2, 0.25) is 0 Å². The van der Waals surface area contributed by atoms with Gasteiger partial charge in [0.05, 0.1) is 11.3 Å². The summed E-state index contributed by atoms with van der Waals surface area (Å²) in [6.45, 7) is 3.76. The molecule has 25 heavy (non-hydrogen) atoms. The molecular weight excluding hydrogens is 340 g/mol. The third kappa shape index (κ3) is 3.66. The zero-order valence-electron chi connectivity index (χ0n) is 14.5. The summed E-state index contributed by atoms with van der Waals surface area (Å²) in [7, 11) is 0. The van der Waals surface area contributed by atoms with Gasteiger partial charge in [-0.1, -0.05) is 31.4 Å². The molecule has 3 unspecified atom stereocenters. The Balaban J connectivity index is 1.91. The number of rotatable bonds is 4. The van der Waals surface area contributed by atoms with Gasteiger partial charge >= 0.3 is 5.97 Å². The van der Waals surface area contributed by atoms with Crippen molar-refractivity contribution in [2.75, 3.05) is 5.73 Å². The van der Waals surface area contributed by atoms with E-state index in [2.05, 4.69) is 11.9 Å². The molecule has 3 atom stereocenters. The first-order valence-electron chi connectivity index (χ1n) is 8.67. The van der Waals surface area contributed by atoms with Gasteiger partial charge in [0.25, 0.3) is 0 Å². The molecule has 1 aliphatic carbocycles. The van der Waals surface area contributed by atoms with Crippen molar-refractivity contribution in [1.82, 2.24) is 4.98 Å². The van der Waals surface area contributed by atoms with Crippen LogP contribution in [0.5, 0.6) is 0 Å². The highest BCUT2D eigenvalue weighted by molar-refractivity contribution is 6.20. The van der Waals surface area contributed by atoms with Crippen molar-refractivity contribution in [2.45, 2.75) is 45.1 Å². The van der Waals surface area contributed by atoms with Crippen LogP contribution < -0.4 is 5.73 Å². The minimum atomic E-state index is -0.706. The highest BCUT2D eigenvalue weighted by Gasteiger charge is 2.28. The van der Waals surface area contributed by atoms with Crippen LogP contribution in [0.15, 0.2) is 18.2 Å². The van der Waals surface area contributed by atoms with Crippen LogP contribution in [0, 0.1) is 11.8 Å². The number of hydrogen-bond acceptors (Lipinski definition) is 4. The minimum Gasteiger partial charge on any atom is -0.443 e. The molecule has 1 heterocycles. The largest absolute Gasteiger partial charge is 0.443 e. The molecule has 1 saturated carbocycles. The van der Waals surface area contributed by atoms with E-state index in [1.807, 2.05) is 0 Å². The molecule has 1 aromatic heterocycles. The number of nitrogens with one attached hydrogen (secondary N) is 1. The van der Waals surface area contributed by atoms with Crippen molar-refractivity contribution in [3.8, 4) is 0 Å². The molecule has 0 radical (unpaired) electrons. The van der Waals surface area contributed by atoms with Gasteiger partial charge in [-0.05, 0) is 43.9 Å². The molecule has 1 fully saturated rings. The lowest BCUT2D eigenvalue weighted by atomic mass is 9.79. The molecule has 2 aromatic rings. The van der Waals surface area contributed by atoms with E-state index in [1.165, 1.54) is 6.42 Å². The van der Waals surface area contributed by atoms with E-state index in [1.54, 1.807) is 25.1 Å². The monoisotopic (exact) mass is 362 g/mol. The number of carbonyl (C=O) groups is 2. The number of carbonyl (C=O) groups excluding carboxylic acids is 2. The summed E-state index contributed by atoms with van der Waals surface area (Å²) in [5.74, 6) is 0.137. The lowest BCUT2D eigenvalue weighted by Gasteiger charge is -2.25. The van der Waals surface area contributed by atoms with Crippen LogP contribution in [0.25, 0.3) is 10.9 Å². The van der Waals surface area contributed by atoms with Crippen molar-refractivity contribution in [2.24, 2.45) is 11.8 Å². The summed E-state index contributed by atoms with van der Waals surface area (Å²) in [5.41, 5.74) is 7.41. The number of ketones is 1. The fourth-order valence-corrected chi connectivity index (χ4v) is 3.71. The van der Waals surface area contributed by atoms with Crippen molar-refractivity contribution in [1.29, 1.82) is 0 Å². The fourth-order valence-electron chi connectivity index (χ4n) is 3.63. The van der Waals surface area contributed by atoms with E-state index in [0.29, 0.717) is 28.4 Å². The Kier molecular flexibility index (Phi) is 5.04. The lowest BCUT2D eigenvalue weighted by Crippen LogP contribution is -2.22. The molecule has 1 aromatic carbocycles. The second-order valence-corrected chi connectivity index (χ2v) is 7.57. The van der Waals surface area contributed by atoms with Gasteiger partial charge in [0.1, 0.15) is 5.69 Å². The van der Waals surface area contributed by atoms with Gasteiger partial charge in [-0.25, -0.2) is 4.79 Å². The average molecular weight is 363 g/mol. The van der Waals surface area contributed by atoms with Gasteiger partial charge in [0, 0.05) is 16.8 Å². The number of fused-ring (bicyclic) bond motifs is 1. The third-order valence-electron chi connectivity index (χ3n) is 4.90. The number of nitrogen functional groups attached to an aromatic ring is 1. The van der Waals surface area contributed by atoms with Crippen molar-refractivity contribution in [3.63, 3.8) is 0 Å². The zero-order valence-corrected chi connectivity index (χ0v) is 15.2. The Bertz CT molecular complexity index is 812. The molecule has 3 N–H and O–H groups in total. The number of alkyl halides is 1. The standard InChI is InChI=1S/C19H23ClN2O3/c1-10-4-3-5-12(8-10)18(23)17-16(21)14-7-6-13(9-15(14)22-17)19(24)25-11(2)20/h6-7,9-12,22H,3-5,8,21H2,1-2H3. The molecule has 0 bridgehead atoms. The average Bonchev–Trinajstić information content (AvgIpc) is 2.90. The highest BCUT2D eigenvalue weighted by Crippen LogP contribution is 2.34. The molecule has 0 saturated heterocycles. The number of esters is 1. The van der Waals surface area contributed by atoms with Gasteiger partial charge in [-0.2, -0.15) is 0 Å². The van der Waals surface area contributed by atoms with Crippen LogP contribution in [0.3, 0.4) is 0 Å². The number of Topliss-reactive ketones (excluding diaryl/α,β-unsaturated/α-hetero) is 1. The van der Waals surface area contributed by atoms with Crippen molar-refractivity contribution < 1.29 is 14.3 Å². The van der Waals surface area contributed by atoms with E-state index in [0.717, 1.165) is 24.6 Å². The van der Waals surface area contributed by atoms with Gasteiger partial charge in [-0.3, -0.25) is 4.79 Å². The van der Waals surface area contributed by atoms with E-state index in [-0.39, 0.29) is 11.7 Å². The Morgan fingerprint density at radius 1 is 1.36 bits per heavy atom. The maximum absolute atomic E-state index is 12.9. The second-order valence-electron chi connectivity index (χ2n) is 6.96. The summed E-state index contributed by atoms with van der Waals surface area (Å²) in [6.07, 6.45) is 4.06. The number of halogens is 1. The van der Waals surface area contributed by atoms with E-state index < -0.39 is 11.5 Å². The molecule has 134 valence electrons. The summed E-state index contributed by atoms with van der Waals surface area (Å²) in [6, 6.07) is 5.01. The number of aromatic amines is 1. The van der Waals surface area contributed by atoms with Crippen LogP contribution >= 0.6 is 11.6 Å². The second kappa shape index (κ2) is 7.08. The summed E-state index contributed by atoms with van der Waals surface area (Å²) < 4.78 is 4.99. The Labute approximate surface area is 151 Å². The van der Waals surface area contributed by atoms with Gasteiger partial charge in [-0.15, -0.1) is 0 Å². The number of nitrogens with two attached hydrogens (primary N) is 1. The quantitative estimate of drug-likeness (QED) is 0.476. The van der Waals surface area contributed by atoms with Gasteiger partial charge in [0.2, 0.25) is 0 Å². The smallest absolute Gasteiger partial charge is 0.339 e. The zero-order chi connectivity index (χ0) is 18.1. The minimum absolute atomic E-state index is 0.0145. The number of H-pyrrole nitrogens is 1. The van der Waals surface area contributed by atoms with Crippen LogP contribution in [-0.2, 0) is 4.74 Å². The number of hydrogen-bond donors (Lipinski definition) is 2. The summed E-state index contributed by atoms with van der Waals surface area (Å²) >= 11 is 5.69. The van der Waals surface area contributed by atoms with Crippen LogP contribution in [-0.4, -0.2) is 22.3 Å². The first kappa shape index (κ1) is 17.8. The molecule has 6 heteroatoms. The summed E-state index contributed by atoms with van der Waals surface area (Å²) in [5, 5.41) is 0.739. The number of aromatic nitrogens is 1. The Morgan fingerprint density at radius 3 is 2.80 bits per heavy atom. The summed E-state index contributed by atoms with van der Waals surface area (Å²) in [4.78, 5) is 28.0. The van der Waals surface area contributed by atoms with Crippen LogP contribution in [0.1, 0.15) is 60.4 Å². The maximum Gasteiger partial charge on any atom is 0.339 e. The van der Waals surface area contributed by atoms with E-state index in [9.17, 15) is 9.59 Å². The third-order valence-corrected chi connectivity index (χ3v) is 4.99. The van der Waals surface area contributed by atoms with Crippen molar-refractivity contribution in [3.05, 3.63) is 29.5 Å². The normalized spacial score (nSPS) is 21.9. The fraction of sp³-hybridized carbons (Fsp3) is 0.474. The van der Waals surface area contributed by atoms with Crippen molar-refractivity contribution >= 4 is 39.9 Å². The Morgan fingerprint density at radius 2 is 2.12 bits per heavy atom. The predicted octanol–water partition coefficient (Wildman–Crippen LogP) is 4.50. The van der Waals surface area contributed by atoms with Gasteiger partial charge in [0.15, 0.2) is 11.3 Å². The van der Waals surface area contributed by atoms with Gasteiger partial charge < -0.3 is 15.5 Å². The Hall–Kier alpha value is -2.01. The first-order chi connectivity index (χ1) is 11.9.